The maximum Gasteiger partial charge on any atom is 0.178 e. The number of thiazole rings is 1. The zero-order valence-electron chi connectivity index (χ0n) is 9.67. The molecule has 0 unspecified atom stereocenters. The summed E-state index contributed by atoms with van der Waals surface area (Å²) in [6, 6.07) is 12.7. The number of carbonyl (C=O) groups is 1. The molecule has 0 fully saturated rings. The van der Waals surface area contributed by atoms with E-state index in [9.17, 15) is 4.79 Å². The van der Waals surface area contributed by atoms with Crippen molar-refractivity contribution in [1.82, 2.24) is 4.98 Å². The normalized spacial score (nSPS) is 10.6. The molecule has 0 aliphatic carbocycles. The molecule has 0 saturated heterocycles. The third-order valence-electron chi connectivity index (χ3n) is 2.53. The lowest BCUT2D eigenvalue weighted by Gasteiger charge is -2.05. The molecule has 0 amide bonds. The lowest BCUT2D eigenvalue weighted by molar-refractivity contribution is 0.112. The van der Waals surface area contributed by atoms with Crippen molar-refractivity contribution in [2.24, 2.45) is 0 Å². The number of carbonyl (C=O) groups excluding carboxylic acids is 1. The summed E-state index contributed by atoms with van der Waals surface area (Å²) in [7, 11) is 0. The van der Waals surface area contributed by atoms with E-state index >= 15 is 0 Å². The number of rotatable bonds is 3. The highest BCUT2D eigenvalue weighted by Gasteiger charge is 2.05. The molecule has 3 nitrogen and oxygen atoms in total. The van der Waals surface area contributed by atoms with Crippen molar-refractivity contribution in [1.29, 1.82) is 0 Å². The van der Waals surface area contributed by atoms with Gasteiger partial charge in [-0.15, -0.1) is 11.3 Å². The number of ether oxygens (including phenoxy) is 1. The first kappa shape index (κ1) is 12.1. The number of hydrogen-bond acceptors (Lipinski definition) is 4. The van der Waals surface area contributed by atoms with Crippen molar-refractivity contribution < 1.29 is 9.53 Å². The van der Waals surface area contributed by atoms with Gasteiger partial charge in [0.05, 0.1) is 10.2 Å². The molecule has 0 radical (unpaired) electrons. The van der Waals surface area contributed by atoms with Gasteiger partial charge in [-0.05, 0) is 36.4 Å². The van der Waals surface area contributed by atoms with Gasteiger partial charge >= 0.3 is 0 Å². The van der Waals surface area contributed by atoms with Gasteiger partial charge in [-0.1, -0.05) is 11.6 Å². The van der Waals surface area contributed by atoms with Gasteiger partial charge in [0.25, 0.3) is 0 Å². The highest BCUT2D eigenvalue weighted by Crippen LogP contribution is 2.29. The van der Waals surface area contributed by atoms with Crippen LogP contribution in [0.3, 0.4) is 0 Å². The SMILES string of the molecule is O=Cc1nc2ccc(Oc3ccc(Cl)cc3)cc2s1. The van der Waals surface area contributed by atoms with Gasteiger partial charge in [0.2, 0.25) is 0 Å². The molecule has 0 N–H and O–H groups in total. The minimum absolute atomic E-state index is 0.471. The smallest absolute Gasteiger partial charge is 0.178 e. The number of nitrogens with zero attached hydrogens (tertiary/aromatic N) is 1. The number of aromatic nitrogens is 1. The summed E-state index contributed by atoms with van der Waals surface area (Å²) in [6.07, 6.45) is 0.754. The quantitative estimate of drug-likeness (QED) is 0.664. The second kappa shape index (κ2) is 4.99. The molecule has 1 aromatic heterocycles. The predicted octanol–water partition coefficient (Wildman–Crippen LogP) is 4.55. The third-order valence-corrected chi connectivity index (χ3v) is 3.72. The van der Waals surface area contributed by atoms with Crippen LogP contribution in [-0.2, 0) is 0 Å². The van der Waals surface area contributed by atoms with Crippen LogP contribution >= 0.6 is 22.9 Å². The van der Waals surface area contributed by atoms with E-state index in [2.05, 4.69) is 4.98 Å². The van der Waals surface area contributed by atoms with Gasteiger partial charge in [0.15, 0.2) is 11.3 Å². The van der Waals surface area contributed by atoms with Crippen LogP contribution in [0.25, 0.3) is 10.2 Å². The van der Waals surface area contributed by atoms with E-state index in [1.807, 2.05) is 18.2 Å². The first-order chi connectivity index (χ1) is 9.24. The van der Waals surface area contributed by atoms with Gasteiger partial charge < -0.3 is 4.74 Å². The van der Waals surface area contributed by atoms with Crippen LogP contribution in [0.5, 0.6) is 11.5 Å². The molecule has 94 valence electrons. The standard InChI is InChI=1S/C14H8ClNO2S/c15-9-1-3-10(4-2-9)18-11-5-6-12-13(7-11)19-14(8-17)16-12/h1-8H. The van der Waals surface area contributed by atoms with Crippen molar-refractivity contribution >= 4 is 39.4 Å². The van der Waals surface area contributed by atoms with Gasteiger partial charge in [0, 0.05) is 11.1 Å². The van der Waals surface area contributed by atoms with Crippen molar-refractivity contribution in [2.45, 2.75) is 0 Å². The second-order valence-corrected chi connectivity index (χ2v) is 5.35. The molecule has 19 heavy (non-hydrogen) atoms. The first-order valence-corrected chi connectivity index (χ1v) is 6.73. The van der Waals surface area contributed by atoms with E-state index in [0.29, 0.717) is 21.5 Å². The van der Waals surface area contributed by atoms with Crippen LogP contribution in [0, 0.1) is 0 Å². The lowest BCUT2D eigenvalue weighted by atomic mass is 10.3. The van der Waals surface area contributed by atoms with Crippen molar-refractivity contribution in [3.8, 4) is 11.5 Å². The van der Waals surface area contributed by atoms with E-state index in [4.69, 9.17) is 16.3 Å². The van der Waals surface area contributed by atoms with Gasteiger partial charge in [-0.3, -0.25) is 4.79 Å². The Bertz CT molecular complexity index is 737. The maximum absolute atomic E-state index is 10.7. The van der Waals surface area contributed by atoms with Gasteiger partial charge in [0.1, 0.15) is 11.5 Å². The zero-order chi connectivity index (χ0) is 13.2. The summed E-state index contributed by atoms with van der Waals surface area (Å²) in [5.41, 5.74) is 0.801. The molecule has 3 aromatic rings. The van der Waals surface area contributed by atoms with Crippen LogP contribution in [0.4, 0.5) is 0 Å². The number of hydrogen-bond donors (Lipinski definition) is 0. The molecule has 0 aliphatic rings. The number of aldehydes is 1. The highest BCUT2D eigenvalue weighted by atomic mass is 35.5. The number of fused-ring (bicyclic) bond motifs is 1. The Labute approximate surface area is 118 Å². The van der Waals surface area contributed by atoms with Crippen molar-refractivity contribution in [3.63, 3.8) is 0 Å². The summed E-state index contributed by atoms with van der Waals surface area (Å²) < 4.78 is 6.64. The lowest BCUT2D eigenvalue weighted by Crippen LogP contribution is -1.83. The predicted molar refractivity (Wildman–Crippen MR) is 76.5 cm³/mol. The molecule has 5 heteroatoms. The van der Waals surface area contributed by atoms with Crippen molar-refractivity contribution in [2.75, 3.05) is 0 Å². The van der Waals surface area contributed by atoms with E-state index in [-0.39, 0.29) is 0 Å². The van der Waals surface area contributed by atoms with Crippen LogP contribution < -0.4 is 4.74 Å². The number of halogens is 1. The molecular formula is C14H8ClNO2S. The highest BCUT2D eigenvalue weighted by molar-refractivity contribution is 7.20. The molecule has 0 atom stereocenters. The van der Waals surface area contributed by atoms with E-state index in [1.54, 1.807) is 24.3 Å². The molecule has 1 heterocycles. The minimum Gasteiger partial charge on any atom is -0.457 e. The van der Waals surface area contributed by atoms with E-state index < -0.39 is 0 Å². The van der Waals surface area contributed by atoms with Crippen LogP contribution in [0.15, 0.2) is 42.5 Å². The Morgan fingerprint density at radius 2 is 1.84 bits per heavy atom. The molecule has 2 aromatic carbocycles. The Hall–Kier alpha value is -1.91. The van der Waals surface area contributed by atoms with Crippen LogP contribution in [-0.4, -0.2) is 11.3 Å². The van der Waals surface area contributed by atoms with Gasteiger partial charge in [-0.25, -0.2) is 4.98 Å². The Balaban J connectivity index is 1.92. The molecule has 0 spiro atoms. The van der Waals surface area contributed by atoms with E-state index in [1.165, 1.54) is 11.3 Å². The Morgan fingerprint density at radius 3 is 2.58 bits per heavy atom. The maximum atomic E-state index is 10.7. The molecule has 0 bridgehead atoms. The van der Waals surface area contributed by atoms with Gasteiger partial charge in [-0.2, -0.15) is 0 Å². The molecular weight excluding hydrogens is 282 g/mol. The summed E-state index contributed by atoms with van der Waals surface area (Å²) in [5, 5.41) is 1.14. The number of benzene rings is 2. The van der Waals surface area contributed by atoms with Crippen LogP contribution in [0.1, 0.15) is 9.80 Å². The van der Waals surface area contributed by atoms with E-state index in [0.717, 1.165) is 16.5 Å². The fraction of sp³-hybridized carbons (Fsp3) is 0. The first-order valence-electron chi connectivity index (χ1n) is 5.54. The zero-order valence-corrected chi connectivity index (χ0v) is 11.2. The van der Waals surface area contributed by atoms with Crippen LogP contribution in [0.2, 0.25) is 5.02 Å². The fourth-order valence-corrected chi connectivity index (χ4v) is 2.61. The average Bonchev–Trinajstić information content (AvgIpc) is 2.83. The largest absolute Gasteiger partial charge is 0.457 e. The Kier molecular flexibility index (Phi) is 3.19. The monoisotopic (exact) mass is 289 g/mol. The molecule has 3 rings (SSSR count). The summed E-state index contributed by atoms with van der Waals surface area (Å²) >= 11 is 7.16. The second-order valence-electron chi connectivity index (χ2n) is 3.86. The topological polar surface area (TPSA) is 39.2 Å². The summed E-state index contributed by atoms with van der Waals surface area (Å²) in [5.74, 6) is 1.42. The Morgan fingerprint density at radius 1 is 1.11 bits per heavy atom. The molecule has 0 aliphatic heterocycles. The minimum atomic E-state index is 0.471. The van der Waals surface area contributed by atoms with Crippen molar-refractivity contribution in [3.05, 3.63) is 52.5 Å². The fourth-order valence-electron chi connectivity index (χ4n) is 1.68. The average molecular weight is 290 g/mol. The third kappa shape index (κ3) is 2.59. The molecule has 0 saturated carbocycles. The summed E-state index contributed by atoms with van der Waals surface area (Å²) in [6.45, 7) is 0. The summed E-state index contributed by atoms with van der Waals surface area (Å²) in [4.78, 5) is 14.9.